The molecular weight excluding hydrogens is 410 g/mol. The van der Waals surface area contributed by atoms with Crippen LogP contribution in [-0.4, -0.2) is 22.6 Å². The van der Waals surface area contributed by atoms with E-state index in [1.54, 1.807) is 30.4 Å². The zero-order chi connectivity index (χ0) is 18.5. The number of hydrogen-bond donors (Lipinski definition) is 2. The number of thiazole rings is 1. The van der Waals surface area contributed by atoms with Gasteiger partial charge in [-0.3, -0.25) is 20.4 Å². The second-order valence-electron chi connectivity index (χ2n) is 5.16. The first-order valence-corrected chi connectivity index (χ1v) is 10.6. The molecule has 0 fully saturated rings. The third kappa shape index (κ3) is 4.85. The highest BCUT2D eigenvalue weighted by molar-refractivity contribution is 8.00. The number of halogens is 1. The van der Waals surface area contributed by atoms with Gasteiger partial charge < -0.3 is 0 Å². The van der Waals surface area contributed by atoms with Crippen molar-refractivity contribution in [2.24, 2.45) is 0 Å². The molecule has 0 aliphatic rings. The summed E-state index contributed by atoms with van der Waals surface area (Å²) in [6.45, 7) is 1.78. The molecule has 0 radical (unpaired) electrons. The number of hydrazine groups is 1. The van der Waals surface area contributed by atoms with Crippen LogP contribution >= 0.6 is 46.0 Å². The lowest BCUT2D eigenvalue weighted by molar-refractivity contribution is -0.119. The highest BCUT2D eigenvalue weighted by Crippen LogP contribution is 2.30. The monoisotopic (exact) mass is 423 g/mol. The first kappa shape index (κ1) is 18.9. The number of carbonyl (C=O) groups excluding carboxylic acids is 2. The summed E-state index contributed by atoms with van der Waals surface area (Å²) < 4.78 is 0. The molecule has 3 rings (SSSR count). The van der Waals surface area contributed by atoms with Crippen LogP contribution in [0.5, 0.6) is 0 Å². The minimum Gasteiger partial charge on any atom is -0.272 e. The smallest absolute Gasteiger partial charge is 0.272 e. The molecule has 0 saturated heterocycles. The molecule has 0 bridgehead atoms. The lowest BCUT2D eigenvalue weighted by Crippen LogP contribution is -2.42. The summed E-state index contributed by atoms with van der Waals surface area (Å²) in [5.41, 5.74) is 5.51. The van der Waals surface area contributed by atoms with E-state index >= 15 is 0 Å². The van der Waals surface area contributed by atoms with Crippen LogP contribution in [0.4, 0.5) is 0 Å². The minimum absolute atomic E-state index is 0.185. The lowest BCUT2D eigenvalue weighted by Gasteiger charge is -2.06. The average Bonchev–Trinajstić information content (AvgIpc) is 3.28. The number of rotatable bonds is 5. The van der Waals surface area contributed by atoms with Crippen molar-refractivity contribution in [3.63, 3.8) is 0 Å². The predicted molar refractivity (Wildman–Crippen MR) is 108 cm³/mol. The van der Waals surface area contributed by atoms with Crippen molar-refractivity contribution in [2.75, 3.05) is 5.75 Å². The molecule has 0 spiro atoms. The summed E-state index contributed by atoms with van der Waals surface area (Å²) in [7, 11) is 0. The highest BCUT2D eigenvalue weighted by atomic mass is 35.5. The van der Waals surface area contributed by atoms with Crippen LogP contribution in [0.1, 0.15) is 15.4 Å². The fraction of sp³-hybridized carbons (Fsp3) is 0.118. The second-order valence-corrected chi connectivity index (χ2v) is 8.59. The van der Waals surface area contributed by atoms with Gasteiger partial charge in [-0.25, -0.2) is 4.98 Å². The topological polar surface area (TPSA) is 71.1 Å². The SMILES string of the molecule is Cc1nc(-c2cccs2)sc1C(=O)NNC(=O)CSc1ccc(Cl)cc1. The highest BCUT2D eigenvalue weighted by Gasteiger charge is 2.17. The summed E-state index contributed by atoms with van der Waals surface area (Å²) in [5.74, 6) is -0.476. The zero-order valence-electron chi connectivity index (χ0n) is 13.6. The fourth-order valence-corrected chi connectivity index (χ4v) is 4.59. The van der Waals surface area contributed by atoms with E-state index < -0.39 is 0 Å². The van der Waals surface area contributed by atoms with Crippen LogP contribution in [-0.2, 0) is 4.79 Å². The molecule has 3 aromatic rings. The number of benzene rings is 1. The van der Waals surface area contributed by atoms with Gasteiger partial charge in [-0.2, -0.15) is 0 Å². The van der Waals surface area contributed by atoms with Crippen LogP contribution in [0.3, 0.4) is 0 Å². The Morgan fingerprint density at radius 2 is 1.96 bits per heavy atom. The van der Waals surface area contributed by atoms with Crippen molar-refractivity contribution in [1.82, 2.24) is 15.8 Å². The number of nitrogens with one attached hydrogen (secondary N) is 2. The number of thiophene rings is 1. The van der Waals surface area contributed by atoms with E-state index in [2.05, 4.69) is 15.8 Å². The van der Waals surface area contributed by atoms with Gasteiger partial charge in [0.25, 0.3) is 5.91 Å². The summed E-state index contributed by atoms with van der Waals surface area (Å²) in [4.78, 5) is 31.1. The van der Waals surface area contributed by atoms with E-state index in [4.69, 9.17) is 11.6 Å². The standard InChI is InChI=1S/C17H14ClN3O2S3/c1-10-15(26-17(19-10)13-3-2-8-24-13)16(23)21-20-14(22)9-25-12-6-4-11(18)5-7-12/h2-8H,9H2,1H3,(H,20,22)(H,21,23). The lowest BCUT2D eigenvalue weighted by atomic mass is 10.4. The normalized spacial score (nSPS) is 10.5. The Bertz CT molecular complexity index is 908. The van der Waals surface area contributed by atoms with Gasteiger partial charge in [0, 0.05) is 9.92 Å². The second kappa shape index (κ2) is 8.68. The molecule has 1 aromatic carbocycles. The molecule has 0 aliphatic carbocycles. The Hall–Kier alpha value is -1.87. The maximum absolute atomic E-state index is 12.3. The predicted octanol–water partition coefficient (Wildman–Crippen LogP) is 4.39. The molecule has 5 nitrogen and oxygen atoms in total. The summed E-state index contributed by atoms with van der Waals surface area (Å²) in [6.07, 6.45) is 0. The summed E-state index contributed by atoms with van der Waals surface area (Å²) in [6, 6.07) is 11.1. The molecule has 0 atom stereocenters. The zero-order valence-corrected chi connectivity index (χ0v) is 16.8. The molecule has 134 valence electrons. The third-order valence-corrected chi connectivity index (χ3v) is 6.69. The number of thioether (sulfide) groups is 1. The molecule has 0 saturated carbocycles. The Labute approximate surface area is 167 Å². The number of nitrogens with zero attached hydrogens (tertiary/aromatic N) is 1. The molecule has 2 amide bonds. The quantitative estimate of drug-likeness (QED) is 0.471. The van der Waals surface area contributed by atoms with E-state index in [0.29, 0.717) is 15.6 Å². The first-order chi connectivity index (χ1) is 12.5. The largest absolute Gasteiger partial charge is 0.281 e. The molecule has 9 heteroatoms. The van der Waals surface area contributed by atoms with Crippen molar-refractivity contribution in [3.8, 4) is 9.88 Å². The van der Waals surface area contributed by atoms with Crippen molar-refractivity contribution in [2.45, 2.75) is 11.8 Å². The van der Waals surface area contributed by atoms with Crippen LogP contribution in [0.25, 0.3) is 9.88 Å². The van der Waals surface area contributed by atoms with Crippen molar-refractivity contribution >= 4 is 57.9 Å². The van der Waals surface area contributed by atoms with Gasteiger partial charge in [-0.05, 0) is 42.6 Å². The molecule has 0 aliphatic heterocycles. The van der Waals surface area contributed by atoms with Gasteiger partial charge in [0.05, 0.1) is 16.3 Å². The Balaban J connectivity index is 1.52. The minimum atomic E-state index is -0.368. The van der Waals surface area contributed by atoms with Gasteiger partial charge >= 0.3 is 0 Å². The van der Waals surface area contributed by atoms with E-state index in [1.165, 1.54) is 23.1 Å². The first-order valence-electron chi connectivity index (χ1n) is 7.52. The van der Waals surface area contributed by atoms with E-state index in [0.717, 1.165) is 14.8 Å². The van der Waals surface area contributed by atoms with Gasteiger partial charge in [0.1, 0.15) is 9.88 Å². The molecule has 2 heterocycles. The number of amides is 2. The van der Waals surface area contributed by atoms with E-state index in [9.17, 15) is 9.59 Å². The maximum atomic E-state index is 12.3. The molecule has 26 heavy (non-hydrogen) atoms. The molecule has 2 aromatic heterocycles. The van der Waals surface area contributed by atoms with Crippen molar-refractivity contribution in [3.05, 3.63) is 57.4 Å². The van der Waals surface area contributed by atoms with Crippen LogP contribution in [0, 0.1) is 6.92 Å². The Morgan fingerprint density at radius 3 is 2.65 bits per heavy atom. The van der Waals surface area contributed by atoms with Crippen LogP contribution < -0.4 is 10.9 Å². The summed E-state index contributed by atoms with van der Waals surface area (Å²) in [5, 5.41) is 3.41. The van der Waals surface area contributed by atoms with Crippen molar-refractivity contribution < 1.29 is 9.59 Å². The maximum Gasteiger partial charge on any atom is 0.281 e. The Morgan fingerprint density at radius 1 is 1.19 bits per heavy atom. The van der Waals surface area contributed by atoms with Crippen LogP contribution in [0.15, 0.2) is 46.7 Å². The van der Waals surface area contributed by atoms with Gasteiger partial charge in [0.2, 0.25) is 5.91 Å². The number of aromatic nitrogens is 1. The average molecular weight is 424 g/mol. The van der Waals surface area contributed by atoms with Crippen molar-refractivity contribution in [1.29, 1.82) is 0 Å². The Kier molecular flexibility index (Phi) is 6.31. The van der Waals surface area contributed by atoms with E-state index in [-0.39, 0.29) is 17.6 Å². The van der Waals surface area contributed by atoms with Crippen LogP contribution in [0.2, 0.25) is 5.02 Å². The van der Waals surface area contributed by atoms with Gasteiger partial charge in [-0.15, -0.1) is 34.4 Å². The molecule has 2 N–H and O–H groups in total. The van der Waals surface area contributed by atoms with E-state index in [1.807, 2.05) is 29.6 Å². The number of carbonyl (C=O) groups is 2. The summed E-state index contributed by atoms with van der Waals surface area (Å²) >= 11 is 10.1. The number of hydrogen-bond acceptors (Lipinski definition) is 6. The molecule has 0 unspecified atom stereocenters. The fourth-order valence-electron chi connectivity index (χ4n) is 2.01. The third-order valence-electron chi connectivity index (χ3n) is 3.23. The molecular formula is C17H14ClN3O2S3. The number of aryl methyl sites for hydroxylation is 1. The van der Waals surface area contributed by atoms with Gasteiger partial charge in [-0.1, -0.05) is 17.7 Å². The van der Waals surface area contributed by atoms with Gasteiger partial charge in [0.15, 0.2) is 0 Å².